The van der Waals surface area contributed by atoms with Crippen LogP contribution in [0, 0.1) is 5.41 Å². The summed E-state index contributed by atoms with van der Waals surface area (Å²) in [5.74, 6) is 1.75. The van der Waals surface area contributed by atoms with Crippen molar-refractivity contribution in [3.8, 4) is 11.5 Å². The molecule has 6 nitrogen and oxygen atoms in total. The monoisotopic (exact) mass is 498 g/mol. The first-order valence-electron chi connectivity index (χ1n) is 13.2. The van der Waals surface area contributed by atoms with Gasteiger partial charge >= 0.3 is 0 Å². The average Bonchev–Trinajstić information content (AvgIpc) is 2.83. The Morgan fingerprint density at radius 3 is 2.19 bits per heavy atom. The molecule has 6 heteroatoms. The first kappa shape index (κ1) is 28.3. The number of piperazine rings is 1. The third-order valence-corrected chi connectivity index (χ3v) is 6.68. The molecule has 1 heterocycles. The van der Waals surface area contributed by atoms with E-state index in [-0.39, 0.29) is 10.8 Å². The molecule has 3 rings (SSSR count). The van der Waals surface area contributed by atoms with Crippen molar-refractivity contribution in [1.82, 2.24) is 4.90 Å². The predicted octanol–water partition coefficient (Wildman–Crippen LogP) is 4.99. The van der Waals surface area contributed by atoms with Crippen molar-refractivity contribution in [3.63, 3.8) is 0 Å². The summed E-state index contributed by atoms with van der Waals surface area (Å²) in [5.41, 5.74) is 2.86. The molecule has 2 aromatic rings. The highest BCUT2D eigenvalue weighted by Gasteiger charge is 2.27. The smallest absolute Gasteiger partial charge is 0.142 e. The Bertz CT molecular complexity index is 915. The number of anilines is 1. The van der Waals surface area contributed by atoms with Crippen LogP contribution >= 0.6 is 0 Å². The first-order valence-corrected chi connectivity index (χ1v) is 13.2. The lowest BCUT2D eigenvalue weighted by Crippen LogP contribution is -2.49. The van der Waals surface area contributed by atoms with Crippen molar-refractivity contribution in [2.45, 2.75) is 52.6 Å². The normalized spacial score (nSPS) is 16.1. The second-order valence-electron chi connectivity index (χ2n) is 11.7. The van der Waals surface area contributed by atoms with Crippen LogP contribution in [-0.4, -0.2) is 75.8 Å². The zero-order valence-electron chi connectivity index (χ0n) is 23.1. The molecule has 1 atom stereocenters. The van der Waals surface area contributed by atoms with Crippen LogP contribution in [0.15, 0.2) is 48.5 Å². The maximum Gasteiger partial charge on any atom is 0.142 e. The molecule has 1 aliphatic heterocycles. The lowest BCUT2D eigenvalue weighted by Gasteiger charge is -2.37. The van der Waals surface area contributed by atoms with Crippen LogP contribution < -0.4 is 14.4 Å². The van der Waals surface area contributed by atoms with Gasteiger partial charge in [0.15, 0.2) is 0 Å². The Labute approximate surface area is 218 Å². The lowest BCUT2D eigenvalue weighted by molar-refractivity contribution is 0.00717. The van der Waals surface area contributed by atoms with Crippen LogP contribution in [0.4, 0.5) is 5.69 Å². The van der Waals surface area contributed by atoms with E-state index in [4.69, 9.17) is 14.2 Å². The third-order valence-electron chi connectivity index (χ3n) is 6.68. The molecule has 36 heavy (non-hydrogen) atoms. The fourth-order valence-corrected chi connectivity index (χ4v) is 5.28. The number of hydrogen-bond acceptors (Lipinski definition) is 6. The molecule has 0 saturated carbocycles. The highest BCUT2D eigenvalue weighted by Crippen LogP contribution is 2.36. The van der Waals surface area contributed by atoms with Crippen LogP contribution in [0.2, 0.25) is 0 Å². The summed E-state index contributed by atoms with van der Waals surface area (Å²) in [5, 5.41) is 10.4. The van der Waals surface area contributed by atoms with Gasteiger partial charge in [-0.1, -0.05) is 58.9 Å². The number of benzene rings is 2. The van der Waals surface area contributed by atoms with Crippen LogP contribution in [0.5, 0.6) is 11.5 Å². The fourth-order valence-electron chi connectivity index (χ4n) is 5.28. The zero-order valence-corrected chi connectivity index (χ0v) is 23.1. The zero-order chi connectivity index (χ0) is 26.2. The summed E-state index contributed by atoms with van der Waals surface area (Å²) in [6.45, 7) is 16.9. The molecule has 0 aliphatic carbocycles. The van der Waals surface area contributed by atoms with Gasteiger partial charge in [0.2, 0.25) is 0 Å². The Balaban J connectivity index is 1.31. The second-order valence-corrected chi connectivity index (χ2v) is 11.7. The standard InChI is InChI=1S/C30H46N2O4/c1-29(2,3)23-30(4,5)24-11-13-26(14-12-24)36-20-19-35-22-25(33)21-31-15-17-32(18-16-31)27-9-7-8-10-28(27)34-6/h7-14,25,33H,15-23H2,1-6H3. The molecule has 1 unspecified atom stereocenters. The van der Waals surface area contributed by atoms with E-state index < -0.39 is 6.10 Å². The quantitative estimate of drug-likeness (QED) is 0.416. The number of para-hydroxylation sites is 2. The summed E-state index contributed by atoms with van der Waals surface area (Å²) >= 11 is 0. The Morgan fingerprint density at radius 1 is 0.889 bits per heavy atom. The van der Waals surface area contributed by atoms with E-state index in [1.807, 2.05) is 30.3 Å². The van der Waals surface area contributed by atoms with Gasteiger partial charge in [-0.2, -0.15) is 0 Å². The van der Waals surface area contributed by atoms with Gasteiger partial charge in [-0.25, -0.2) is 0 Å². The van der Waals surface area contributed by atoms with Crippen molar-refractivity contribution in [2.75, 3.05) is 64.6 Å². The van der Waals surface area contributed by atoms with Gasteiger partial charge in [0.05, 0.1) is 32.1 Å². The molecule has 1 N–H and O–H groups in total. The minimum atomic E-state index is -0.507. The van der Waals surface area contributed by atoms with Gasteiger partial charge in [-0.05, 0) is 47.1 Å². The Hall–Kier alpha value is -2.28. The number of ether oxygens (including phenoxy) is 3. The molecule has 200 valence electrons. The van der Waals surface area contributed by atoms with Gasteiger partial charge < -0.3 is 24.2 Å². The lowest BCUT2D eigenvalue weighted by atomic mass is 9.72. The van der Waals surface area contributed by atoms with E-state index in [2.05, 4.69) is 62.6 Å². The summed E-state index contributed by atoms with van der Waals surface area (Å²) < 4.78 is 17.0. The largest absolute Gasteiger partial charge is 0.495 e. The van der Waals surface area contributed by atoms with E-state index in [0.29, 0.717) is 26.4 Å². The summed E-state index contributed by atoms with van der Waals surface area (Å²) in [6, 6.07) is 16.5. The number of hydrogen-bond donors (Lipinski definition) is 1. The van der Waals surface area contributed by atoms with Gasteiger partial charge in [0.25, 0.3) is 0 Å². The van der Waals surface area contributed by atoms with Crippen LogP contribution in [0.1, 0.15) is 46.6 Å². The van der Waals surface area contributed by atoms with Gasteiger partial charge in [-0.15, -0.1) is 0 Å². The molecule has 2 aromatic carbocycles. The molecule has 0 spiro atoms. The highest BCUT2D eigenvalue weighted by atomic mass is 16.5. The maximum absolute atomic E-state index is 10.4. The number of nitrogens with zero attached hydrogens (tertiary/aromatic N) is 2. The number of β-amino-alcohol motifs (C(OH)–C–C–N with tert-alkyl or cyclic N) is 1. The van der Waals surface area contributed by atoms with E-state index in [9.17, 15) is 5.11 Å². The van der Waals surface area contributed by atoms with Gasteiger partial charge in [-0.3, -0.25) is 4.90 Å². The summed E-state index contributed by atoms with van der Waals surface area (Å²) in [4.78, 5) is 4.63. The molecule has 1 fully saturated rings. The number of rotatable bonds is 12. The molecular formula is C30H46N2O4. The van der Waals surface area contributed by atoms with Crippen LogP contribution in [0.25, 0.3) is 0 Å². The number of methoxy groups -OCH3 is 1. The third kappa shape index (κ3) is 8.68. The first-order chi connectivity index (χ1) is 17.1. The summed E-state index contributed by atoms with van der Waals surface area (Å²) in [7, 11) is 1.71. The van der Waals surface area contributed by atoms with Crippen molar-refractivity contribution in [2.24, 2.45) is 5.41 Å². The van der Waals surface area contributed by atoms with Crippen molar-refractivity contribution in [1.29, 1.82) is 0 Å². The van der Waals surface area contributed by atoms with Crippen molar-refractivity contribution < 1.29 is 19.3 Å². The molecule has 0 aromatic heterocycles. The molecule has 0 radical (unpaired) electrons. The molecule has 1 aliphatic rings. The average molecular weight is 499 g/mol. The van der Waals surface area contributed by atoms with E-state index in [0.717, 1.165) is 49.8 Å². The van der Waals surface area contributed by atoms with E-state index >= 15 is 0 Å². The second kappa shape index (κ2) is 12.8. The van der Waals surface area contributed by atoms with E-state index in [1.165, 1.54) is 5.56 Å². The Morgan fingerprint density at radius 2 is 1.56 bits per heavy atom. The Kier molecular flexibility index (Phi) is 10.1. The van der Waals surface area contributed by atoms with Crippen molar-refractivity contribution in [3.05, 3.63) is 54.1 Å². The number of aliphatic hydroxyl groups is 1. The predicted molar refractivity (Wildman–Crippen MR) is 148 cm³/mol. The molecule has 0 amide bonds. The maximum atomic E-state index is 10.4. The van der Waals surface area contributed by atoms with Gasteiger partial charge in [0.1, 0.15) is 18.1 Å². The highest BCUT2D eigenvalue weighted by molar-refractivity contribution is 5.58. The molecular weight excluding hydrogens is 452 g/mol. The SMILES string of the molecule is COc1ccccc1N1CCN(CC(O)COCCOc2ccc(C(C)(C)CC(C)(C)C)cc2)CC1. The molecule has 0 bridgehead atoms. The van der Waals surface area contributed by atoms with Crippen LogP contribution in [-0.2, 0) is 10.2 Å². The topological polar surface area (TPSA) is 54.4 Å². The fraction of sp³-hybridized carbons (Fsp3) is 0.600. The molecule has 1 saturated heterocycles. The van der Waals surface area contributed by atoms with Crippen molar-refractivity contribution >= 4 is 5.69 Å². The van der Waals surface area contributed by atoms with Crippen LogP contribution in [0.3, 0.4) is 0 Å². The van der Waals surface area contributed by atoms with Gasteiger partial charge in [0, 0.05) is 32.7 Å². The number of aliphatic hydroxyl groups excluding tert-OH is 1. The minimum absolute atomic E-state index is 0.122. The minimum Gasteiger partial charge on any atom is -0.495 e. The summed E-state index contributed by atoms with van der Waals surface area (Å²) in [6.07, 6.45) is 0.612. The van der Waals surface area contributed by atoms with E-state index in [1.54, 1.807) is 7.11 Å².